The average Bonchev–Trinajstić information content (AvgIpc) is 2.84. The molecule has 3 heterocycles. The molecule has 4 rings (SSSR count). The number of methoxy groups -OCH3 is 1. The van der Waals surface area contributed by atoms with Gasteiger partial charge in [-0.05, 0) is 50.1 Å². The van der Waals surface area contributed by atoms with Crippen molar-refractivity contribution in [2.75, 3.05) is 19.9 Å². The van der Waals surface area contributed by atoms with E-state index < -0.39 is 0 Å². The number of ether oxygens (including phenoxy) is 1. The molecule has 5 heteroatoms. The molecule has 2 aliphatic rings. The van der Waals surface area contributed by atoms with Gasteiger partial charge in [0, 0.05) is 35.3 Å². The van der Waals surface area contributed by atoms with Gasteiger partial charge in [-0.3, -0.25) is 4.90 Å². The second-order valence-corrected chi connectivity index (χ2v) is 7.02. The largest absolute Gasteiger partial charge is 0.497 e. The van der Waals surface area contributed by atoms with Crippen LogP contribution in [0, 0.1) is 18.3 Å². The Balaban J connectivity index is 2.02. The summed E-state index contributed by atoms with van der Waals surface area (Å²) < 4.78 is 5.33. The van der Waals surface area contributed by atoms with Crippen LogP contribution in [0.25, 0.3) is 11.1 Å². The highest BCUT2D eigenvalue weighted by Gasteiger charge is 2.41. The molecular formula is C20H22N4O. The van der Waals surface area contributed by atoms with Crippen molar-refractivity contribution in [3.63, 3.8) is 0 Å². The number of hydrogen-bond acceptors (Lipinski definition) is 5. The number of hydrogen-bond donors (Lipinski definition) is 1. The van der Waals surface area contributed by atoms with Crippen LogP contribution in [0.3, 0.4) is 0 Å². The van der Waals surface area contributed by atoms with Gasteiger partial charge in [-0.25, -0.2) is 4.98 Å². The van der Waals surface area contributed by atoms with Crippen LogP contribution in [0.4, 0.5) is 5.82 Å². The molecule has 0 aliphatic carbocycles. The lowest BCUT2D eigenvalue weighted by Gasteiger charge is -2.34. The Hall–Kier alpha value is -2.58. The summed E-state index contributed by atoms with van der Waals surface area (Å²) in [7, 11) is 3.84. The highest BCUT2D eigenvalue weighted by atomic mass is 16.5. The third-order valence-corrected chi connectivity index (χ3v) is 5.76. The van der Waals surface area contributed by atoms with E-state index in [-0.39, 0.29) is 0 Å². The van der Waals surface area contributed by atoms with Crippen molar-refractivity contribution in [3.05, 3.63) is 40.6 Å². The average molecular weight is 334 g/mol. The first-order valence-corrected chi connectivity index (χ1v) is 8.64. The van der Waals surface area contributed by atoms with Gasteiger partial charge in [0.25, 0.3) is 0 Å². The van der Waals surface area contributed by atoms with E-state index >= 15 is 0 Å². The topological polar surface area (TPSA) is 75.2 Å². The summed E-state index contributed by atoms with van der Waals surface area (Å²) in [6.45, 7) is 2.05. The maximum atomic E-state index is 9.78. The van der Waals surface area contributed by atoms with Crippen LogP contribution in [-0.2, 0) is 6.42 Å². The molecule has 2 aromatic rings. The molecule has 1 aromatic carbocycles. The Bertz CT molecular complexity index is 900. The predicted octanol–water partition coefficient (Wildman–Crippen LogP) is 3.21. The molecule has 0 amide bonds. The van der Waals surface area contributed by atoms with E-state index in [1.54, 1.807) is 7.11 Å². The number of rotatable bonds is 2. The number of benzene rings is 1. The summed E-state index contributed by atoms with van der Waals surface area (Å²) in [5.74, 6) is 1.16. The summed E-state index contributed by atoms with van der Waals surface area (Å²) in [4.78, 5) is 7.05. The van der Waals surface area contributed by atoms with E-state index in [9.17, 15) is 5.26 Å². The van der Waals surface area contributed by atoms with Gasteiger partial charge in [0.2, 0.25) is 0 Å². The smallest absolute Gasteiger partial charge is 0.142 e. The van der Waals surface area contributed by atoms with E-state index in [4.69, 9.17) is 10.5 Å². The fourth-order valence-corrected chi connectivity index (χ4v) is 4.45. The fourth-order valence-electron chi connectivity index (χ4n) is 4.45. The van der Waals surface area contributed by atoms with Crippen molar-refractivity contribution in [1.82, 2.24) is 9.88 Å². The highest BCUT2D eigenvalue weighted by Crippen LogP contribution is 2.48. The van der Waals surface area contributed by atoms with Gasteiger partial charge in [-0.2, -0.15) is 5.26 Å². The summed E-state index contributed by atoms with van der Waals surface area (Å²) in [5.41, 5.74) is 12.0. The second kappa shape index (κ2) is 5.75. The first-order valence-electron chi connectivity index (χ1n) is 8.64. The highest BCUT2D eigenvalue weighted by molar-refractivity contribution is 5.82. The lowest BCUT2D eigenvalue weighted by atomic mass is 9.85. The van der Waals surface area contributed by atoms with Crippen LogP contribution in [0.5, 0.6) is 5.75 Å². The van der Waals surface area contributed by atoms with E-state index in [1.165, 1.54) is 12.0 Å². The van der Waals surface area contributed by atoms with Crippen molar-refractivity contribution in [3.8, 4) is 22.9 Å². The molecule has 0 spiro atoms. The molecule has 2 atom stereocenters. The molecular weight excluding hydrogens is 312 g/mol. The molecule has 2 aliphatic heterocycles. The third kappa shape index (κ3) is 2.29. The number of anilines is 1. The standard InChI is InChI=1S/C20H22N4O/c1-11-8-13(25-3)5-6-14(11)18-15(10-21)20(22)23-16-9-12-4-7-17(19(16)18)24(12)2/h5-6,8,12,17H,4,7,9H2,1-3H3,(H2,22,23)/t12-,17+/m1/s1. The molecule has 0 radical (unpaired) electrons. The molecule has 1 saturated heterocycles. The van der Waals surface area contributed by atoms with Crippen LogP contribution in [-0.4, -0.2) is 30.1 Å². The maximum Gasteiger partial charge on any atom is 0.142 e. The molecule has 5 nitrogen and oxygen atoms in total. The van der Waals surface area contributed by atoms with Crippen LogP contribution in [0.1, 0.15) is 41.3 Å². The number of pyridine rings is 1. The molecule has 0 unspecified atom stereocenters. The van der Waals surface area contributed by atoms with Crippen molar-refractivity contribution in [2.24, 2.45) is 0 Å². The first-order chi connectivity index (χ1) is 12.0. The molecule has 128 valence electrons. The Kier molecular flexibility index (Phi) is 3.66. The van der Waals surface area contributed by atoms with Crippen molar-refractivity contribution in [2.45, 2.75) is 38.3 Å². The number of likely N-dealkylation sites (N-methyl/N-ethyl adjacent to an activating group) is 1. The molecule has 2 N–H and O–H groups in total. The quantitative estimate of drug-likeness (QED) is 0.913. The van der Waals surface area contributed by atoms with Gasteiger partial charge >= 0.3 is 0 Å². The molecule has 25 heavy (non-hydrogen) atoms. The van der Waals surface area contributed by atoms with Crippen molar-refractivity contribution in [1.29, 1.82) is 5.26 Å². The monoisotopic (exact) mass is 334 g/mol. The van der Waals surface area contributed by atoms with Gasteiger partial charge in [-0.15, -0.1) is 0 Å². The second-order valence-electron chi connectivity index (χ2n) is 7.02. The number of nitriles is 1. The number of nitrogen functional groups attached to an aromatic ring is 1. The van der Waals surface area contributed by atoms with Gasteiger partial charge < -0.3 is 10.5 Å². The third-order valence-electron chi connectivity index (χ3n) is 5.76. The minimum atomic E-state index is 0.311. The Morgan fingerprint density at radius 1 is 1.36 bits per heavy atom. The zero-order valence-electron chi connectivity index (χ0n) is 14.8. The number of nitrogens with two attached hydrogens (primary N) is 1. The van der Waals surface area contributed by atoms with Crippen molar-refractivity contribution < 1.29 is 4.74 Å². The summed E-state index contributed by atoms with van der Waals surface area (Å²) in [6.07, 6.45) is 3.17. The van der Waals surface area contributed by atoms with Crippen LogP contribution >= 0.6 is 0 Å². The summed E-state index contributed by atoms with van der Waals surface area (Å²) >= 11 is 0. The van der Waals surface area contributed by atoms with Crippen LogP contribution in [0.2, 0.25) is 0 Å². The zero-order valence-corrected chi connectivity index (χ0v) is 14.8. The minimum Gasteiger partial charge on any atom is -0.497 e. The Morgan fingerprint density at radius 2 is 2.16 bits per heavy atom. The molecule has 1 fully saturated rings. The van der Waals surface area contributed by atoms with Crippen LogP contribution in [0.15, 0.2) is 18.2 Å². The van der Waals surface area contributed by atoms with Gasteiger partial charge in [0.1, 0.15) is 23.2 Å². The van der Waals surface area contributed by atoms with E-state index in [0.717, 1.165) is 41.0 Å². The van der Waals surface area contributed by atoms with Crippen molar-refractivity contribution >= 4 is 5.82 Å². The van der Waals surface area contributed by atoms with Gasteiger partial charge in [0.05, 0.1) is 7.11 Å². The van der Waals surface area contributed by atoms with Crippen LogP contribution < -0.4 is 10.5 Å². The fraction of sp³-hybridized carbons (Fsp3) is 0.400. The first kappa shape index (κ1) is 15.9. The predicted molar refractivity (Wildman–Crippen MR) is 97.3 cm³/mol. The summed E-state index contributed by atoms with van der Waals surface area (Å²) in [5, 5.41) is 9.78. The van der Waals surface area contributed by atoms with E-state index in [2.05, 4.69) is 23.0 Å². The zero-order chi connectivity index (χ0) is 17.7. The molecule has 2 bridgehead atoms. The Morgan fingerprint density at radius 3 is 2.84 bits per heavy atom. The lowest BCUT2D eigenvalue weighted by Crippen LogP contribution is -2.35. The number of fused-ring (bicyclic) bond motifs is 4. The number of nitrogens with zero attached hydrogens (tertiary/aromatic N) is 3. The van der Waals surface area contributed by atoms with Gasteiger partial charge in [0.15, 0.2) is 0 Å². The maximum absolute atomic E-state index is 9.78. The summed E-state index contributed by atoms with van der Waals surface area (Å²) in [6, 6.07) is 9.12. The van der Waals surface area contributed by atoms with E-state index in [0.29, 0.717) is 23.5 Å². The Labute approximate surface area is 148 Å². The SMILES string of the molecule is COc1ccc(-c2c(C#N)c(N)nc3c2[C@@H]2CC[C@H](C3)N2C)c(C)c1. The lowest BCUT2D eigenvalue weighted by molar-refractivity contribution is 0.222. The minimum absolute atomic E-state index is 0.311. The van der Waals surface area contributed by atoms with E-state index in [1.807, 2.05) is 25.1 Å². The number of aryl methyl sites for hydroxylation is 1. The molecule has 1 aromatic heterocycles. The van der Waals surface area contributed by atoms with Gasteiger partial charge in [-0.1, -0.05) is 6.07 Å². The normalized spacial score (nSPS) is 21.7. The number of aromatic nitrogens is 1. The molecule has 0 saturated carbocycles.